The lowest BCUT2D eigenvalue weighted by atomic mass is 9.97. The Hall–Kier alpha value is -0.540. The minimum atomic E-state index is 0.298. The van der Waals surface area contributed by atoms with Gasteiger partial charge in [0, 0.05) is 6.54 Å². The van der Waals surface area contributed by atoms with Crippen molar-refractivity contribution in [2.45, 2.75) is 52.6 Å². The van der Waals surface area contributed by atoms with E-state index in [1.807, 2.05) is 11.7 Å². The van der Waals surface area contributed by atoms with E-state index in [0.29, 0.717) is 12.0 Å². The normalized spacial score (nSPS) is 14.9. The van der Waals surface area contributed by atoms with E-state index in [0.717, 1.165) is 30.1 Å². The van der Waals surface area contributed by atoms with Crippen LogP contribution in [0.1, 0.15) is 51.8 Å². The monoisotopic (exact) mass is 257 g/mol. The van der Waals surface area contributed by atoms with Gasteiger partial charge in [-0.15, -0.1) is 0 Å². The fourth-order valence-electron chi connectivity index (χ4n) is 2.04. The summed E-state index contributed by atoms with van der Waals surface area (Å²) >= 11 is 6.26. The summed E-state index contributed by atoms with van der Waals surface area (Å²) in [4.78, 5) is 0. The maximum absolute atomic E-state index is 6.26. The van der Waals surface area contributed by atoms with Crippen LogP contribution in [0.15, 0.2) is 6.20 Å². The molecule has 0 saturated heterocycles. The molecular weight excluding hydrogens is 234 g/mol. The zero-order chi connectivity index (χ0) is 12.8. The molecular formula is C13H24ClN3. The molecule has 1 aromatic rings. The van der Waals surface area contributed by atoms with Gasteiger partial charge in [0.05, 0.1) is 23.0 Å². The van der Waals surface area contributed by atoms with Crippen molar-refractivity contribution in [3.05, 3.63) is 16.9 Å². The molecule has 0 aliphatic rings. The van der Waals surface area contributed by atoms with Gasteiger partial charge in [0.25, 0.3) is 0 Å². The second-order valence-corrected chi connectivity index (χ2v) is 5.10. The maximum Gasteiger partial charge on any atom is 0.0834 e. The van der Waals surface area contributed by atoms with Gasteiger partial charge in [-0.25, -0.2) is 0 Å². The first kappa shape index (κ1) is 14.5. The Morgan fingerprint density at radius 2 is 2.18 bits per heavy atom. The third-order valence-electron chi connectivity index (χ3n) is 3.28. The summed E-state index contributed by atoms with van der Waals surface area (Å²) in [6, 6.07) is 0.298. The van der Waals surface area contributed by atoms with E-state index in [1.54, 1.807) is 6.20 Å². The van der Waals surface area contributed by atoms with Crippen LogP contribution in [0.2, 0.25) is 5.02 Å². The molecule has 0 aliphatic carbocycles. The van der Waals surface area contributed by atoms with Crippen LogP contribution in [0.3, 0.4) is 0 Å². The van der Waals surface area contributed by atoms with Gasteiger partial charge in [-0.1, -0.05) is 38.8 Å². The second-order valence-electron chi connectivity index (χ2n) is 4.69. The molecule has 0 fully saturated rings. The molecule has 1 aromatic heterocycles. The van der Waals surface area contributed by atoms with Crippen LogP contribution >= 0.6 is 11.6 Å². The largest absolute Gasteiger partial charge is 0.312 e. The molecule has 0 amide bonds. The second kappa shape index (κ2) is 7.02. The van der Waals surface area contributed by atoms with Crippen molar-refractivity contribution in [2.24, 2.45) is 5.92 Å². The zero-order valence-electron chi connectivity index (χ0n) is 11.3. The molecule has 4 heteroatoms. The van der Waals surface area contributed by atoms with Crippen molar-refractivity contribution in [3.63, 3.8) is 0 Å². The van der Waals surface area contributed by atoms with E-state index in [-0.39, 0.29) is 0 Å². The van der Waals surface area contributed by atoms with Gasteiger partial charge in [-0.2, -0.15) is 5.10 Å². The standard InChI is InChI=1S/C13H24ClN3/c1-5-7-17-13(11(14)9-16-17)12(15-4)8-10(3)6-2/h9-10,12,15H,5-8H2,1-4H3. The Bertz CT molecular complexity index is 335. The zero-order valence-corrected chi connectivity index (χ0v) is 12.1. The molecule has 98 valence electrons. The molecule has 0 aliphatic heterocycles. The molecule has 3 nitrogen and oxygen atoms in total. The lowest BCUT2D eigenvalue weighted by Gasteiger charge is -2.21. The quantitative estimate of drug-likeness (QED) is 0.808. The van der Waals surface area contributed by atoms with E-state index >= 15 is 0 Å². The van der Waals surface area contributed by atoms with Crippen LogP contribution in [-0.2, 0) is 6.54 Å². The van der Waals surface area contributed by atoms with E-state index in [2.05, 4.69) is 31.2 Å². The summed E-state index contributed by atoms with van der Waals surface area (Å²) < 4.78 is 2.03. The number of halogens is 1. The Labute approximate surface area is 110 Å². The molecule has 2 unspecified atom stereocenters. The van der Waals surface area contributed by atoms with E-state index in [4.69, 9.17) is 11.6 Å². The minimum absolute atomic E-state index is 0.298. The maximum atomic E-state index is 6.26. The predicted octanol–water partition coefficient (Wildman–Crippen LogP) is 3.64. The Kier molecular flexibility index (Phi) is 6.00. The number of nitrogens with zero attached hydrogens (tertiary/aromatic N) is 2. The highest BCUT2D eigenvalue weighted by atomic mass is 35.5. The summed E-state index contributed by atoms with van der Waals surface area (Å²) in [6.07, 6.45) is 5.12. The number of nitrogens with one attached hydrogen (secondary N) is 1. The van der Waals surface area contributed by atoms with Crippen molar-refractivity contribution in [3.8, 4) is 0 Å². The highest BCUT2D eigenvalue weighted by molar-refractivity contribution is 6.31. The molecule has 1 rings (SSSR count). The van der Waals surface area contributed by atoms with Crippen LogP contribution in [-0.4, -0.2) is 16.8 Å². The summed E-state index contributed by atoms with van der Waals surface area (Å²) in [5, 5.41) is 8.50. The first-order valence-corrected chi connectivity index (χ1v) is 6.90. The third kappa shape index (κ3) is 3.71. The van der Waals surface area contributed by atoms with E-state index in [1.165, 1.54) is 6.42 Å². The Morgan fingerprint density at radius 3 is 2.71 bits per heavy atom. The average molecular weight is 258 g/mol. The highest BCUT2D eigenvalue weighted by Gasteiger charge is 2.20. The predicted molar refractivity (Wildman–Crippen MR) is 73.4 cm³/mol. The van der Waals surface area contributed by atoms with Crippen LogP contribution in [0.5, 0.6) is 0 Å². The molecule has 0 saturated carbocycles. The number of hydrogen-bond donors (Lipinski definition) is 1. The van der Waals surface area contributed by atoms with Gasteiger partial charge in [0.15, 0.2) is 0 Å². The molecule has 0 aromatic carbocycles. The van der Waals surface area contributed by atoms with E-state index in [9.17, 15) is 0 Å². The molecule has 0 spiro atoms. The highest BCUT2D eigenvalue weighted by Crippen LogP contribution is 2.28. The van der Waals surface area contributed by atoms with Crippen molar-refractivity contribution >= 4 is 11.6 Å². The Balaban J connectivity index is 2.89. The van der Waals surface area contributed by atoms with Gasteiger partial charge in [0.1, 0.15) is 0 Å². The van der Waals surface area contributed by atoms with E-state index < -0.39 is 0 Å². The molecule has 0 radical (unpaired) electrons. The molecule has 17 heavy (non-hydrogen) atoms. The van der Waals surface area contributed by atoms with Gasteiger partial charge >= 0.3 is 0 Å². The van der Waals surface area contributed by atoms with Crippen molar-refractivity contribution < 1.29 is 0 Å². The number of aromatic nitrogens is 2. The number of aryl methyl sites for hydroxylation is 1. The smallest absolute Gasteiger partial charge is 0.0834 e. The van der Waals surface area contributed by atoms with Crippen LogP contribution in [0.25, 0.3) is 0 Å². The molecule has 1 heterocycles. The number of hydrogen-bond acceptors (Lipinski definition) is 2. The van der Waals surface area contributed by atoms with Crippen LogP contribution in [0.4, 0.5) is 0 Å². The Morgan fingerprint density at radius 1 is 1.47 bits per heavy atom. The lowest BCUT2D eigenvalue weighted by molar-refractivity contribution is 0.397. The van der Waals surface area contributed by atoms with Crippen molar-refractivity contribution in [2.75, 3.05) is 7.05 Å². The van der Waals surface area contributed by atoms with Gasteiger partial charge in [-0.3, -0.25) is 4.68 Å². The van der Waals surface area contributed by atoms with Gasteiger partial charge in [0.2, 0.25) is 0 Å². The number of rotatable bonds is 7. The van der Waals surface area contributed by atoms with Crippen molar-refractivity contribution in [1.29, 1.82) is 0 Å². The summed E-state index contributed by atoms with van der Waals surface area (Å²) in [6.45, 7) is 7.59. The summed E-state index contributed by atoms with van der Waals surface area (Å²) in [5.74, 6) is 0.688. The topological polar surface area (TPSA) is 29.9 Å². The summed E-state index contributed by atoms with van der Waals surface area (Å²) in [5.41, 5.74) is 1.14. The van der Waals surface area contributed by atoms with Gasteiger partial charge in [-0.05, 0) is 25.8 Å². The molecule has 2 atom stereocenters. The summed E-state index contributed by atoms with van der Waals surface area (Å²) in [7, 11) is 1.99. The fraction of sp³-hybridized carbons (Fsp3) is 0.769. The first-order valence-electron chi connectivity index (χ1n) is 6.52. The average Bonchev–Trinajstić information content (AvgIpc) is 2.68. The van der Waals surface area contributed by atoms with Crippen molar-refractivity contribution in [1.82, 2.24) is 15.1 Å². The SMILES string of the molecule is CCCn1ncc(Cl)c1C(CC(C)CC)NC. The first-order chi connectivity index (χ1) is 8.13. The van der Waals surface area contributed by atoms with Gasteiger partial charge < -0.3 is 5.32 Å². The molecule has 1 N–H and O–H groups in total. The fourth-order valence-corrected chi connectivity index (χ4v) is 2.32. The van der Waals surface area contributed by atoms with Crippen LogP contribution in [0, 0.1) is 5.92 Å². The van der Waals surface area contributed by atoms with Crippen LogP contribution < -0.4 is 5.32 Å². The molecule has 0 bridgehead atoms. The lowest BCUT2D eigenvalue weighted by Crippen LogP contribution is -2.23. The minimum Gasteiger partial charge on any atom is -0.312 e. The third-order valence-corrected chi connectivity index (χ3v) is 3.57.